The summed E-state index contributed by atoms with van der Waals surface area (Å²) in [7, 11) is 0. The number of halogens is 6. The molecular formula is C22H16I6N4O8. The lowest BCUT2D eigenvalue weighted by Crippen LogP contribution is -2.23. The van der Waals surface area contributed by atoms with Gasteiger partial charge in [0.25, 0.3) is 11.8 Å². The van der Waals surface area contributed by atoms with E-state index in [2.05, 4.69) is 10.6 Å². The molecule has 0 spiro atoms. The minimum absolute atomic E-state index is 0.00333. The number of benzene rings is 2. The molecule has 0 fully saturated rings. The van der Waals surface area contributed by atoms with E-state index in [4.69, 9.17) is 11.5 Å². The van der Waals surface area contributed by atoms with Crippen molar-refractivity contribution in [2.75, 3.05) is 10.6 Å². The van der Waals surface area contributed by atoms with Gasteiger partial charge in [-0.1, -0.05) is 0 Å². The molecule has 0 aromatic heterocycles. The summed E-state index contributed by atoms with van der Waals surface area (Å²) in [5.74, 6) is -5.11. The summed E-state index contributed by atoms with van der Waals surface area (Å²) < 4.78 is 1.46. The van der Waals surface area contributed by atoms with Crippen molar-refractivity contribution in [1.82, 2.24) is 0 Å². The second kappa shape index (κ2) is 15.4. The first-order valence-electron chi connectivity index (χ1n) is 10.6. The molecule has 40 heavy (non-hydrogen) atoms. The molecule has 2 rings (SSSR count). The Morgan fingerprint density at radius 3 is 1.05 bits per heavy atom. The van der Waals surface area contributed by atoms with Crippen molar-refractivity contribution in [2.24, 2.45) is 11.5 Å². The van der Waals surface area contributed by atoms with Crippen molar-refractivity contribution >= 4 is 182 Å². The summed E-state index contributed by atoms with van der Waals surface area (Å²) in [5, 5.41) is 24.5. The van der Waals surface area contributed by atoms with Crippen molar-refractivity contribution in [3.63, 3.8) is 0 Å². The number of hydrogen-bond acceptors (Lipinski definition) is 6. The first kappa shape index (κ1) is 35.8. The number of nitrogens with one attached hydrogen (secondary N) is 2. The van der Waals surface area contributed by atoms with Crippen molar-refractivity contribution in [3.8, 4) is 0 Å². The lowest BCUT2D eigenvalue weighted by Gasteiger charge is -2.17. The van der Waals surface area contributed by atoms with Crippen LogP contribution in [0.1, 0.15) is 67.1 Å². The first-order valence-corrected chi connectivity index (χ1v) is 17.1. The van der Waals surface area contributed by atoms with E-state index in [0.29, 0.717) is 20.0 Å². The molecule has 2 aromatic rings. The summed E-state index contributed by atoms with van der Waals surface area (Å²) in [4.78, 5) is 72.7. The van der Waals surface area contributed by atoms with Gasteiger partial charge in [-0.25, -0.2) is 9.59 Å². The monoisotopic (exact) mass is 1230 g/mol. The average Bonchev–Trinajstić information content (AvgIpc) is 2.81. The van der Waals surface area contributed by atoms with E-state index in [1.54, 1.807) is 90.4 Å². The van der Waals surface area contributed by atoms with E-state index in [1.807, 2.05) is 45.2 Å². The normalized spacial score (nSPS) is 10.7. The zero-order valence-electron chi connectivity index (χ0n) is 19.6. The van der Waals surface area contributed by atoms with Gasteiger partial charge < -0.3 is 32.3 Å². The standard InChI is InChI=1S/C22H16I6N4O8/c23-11-7(19(29)35)13(25)17(15(27)9(11)21(37)38)31-5(33)3-1-2-4-6(34)32-18-14(26)8(20(30)36)12(24)10(16(18)28)22(39)40/h1-4H2,(H2,29,35)(H2,30,36)(H,31,33)(H,32,34)(H,37,38)(H,39,40). The van der Waals surface area contributed by atoms with Crippen LogP contribution in [0.4, 0.5) is 11.4 Å². The third kappa shape index (κ3) is 8.17. The molecular weight excluding hydrogens is 1210 g/mol. The number of carboxylic acids is 2. The number of carbonyl (C=O) groups is 6. The molecule has 18 heteroatoms. The van der Waals surface area contributed by atoms with Crippen LogP contribution in [0.2, 0.25) is 0 Å². The van der Waals surface area contributed by atoms with E-state index >= 15 is 0 Å². The number of unbranched alkanes of at least 4 members (excludes halogenated alkanes) is 1. The van der Waals surface area contributed by atoms with Gasteiger partial charge in [-0.15, -0.1) is 0 Å². The Morgan fingerprint density at radius 2 is 0.800 bits per heavy atom. The molecule has 0 heterocycles. The number of primary amides is 2. The highest BCUT2D eigenvalue weighted by Gasteiger charge is 2.29. The minimum atomic E-state index is -1.27. The van der Waals surface area contributed by atoms with Gasteiger partial charge in [-0.2, -0.15) is 0 Å². The van der Waals surface area contributed by atoms with Crippen LogP contribution in [-0.4, -0.2) is 45.8 Å². The van der Waals surface area contributed by atoms with E-state index in [9.17, 15) is 39.0 Å². The maximum absolute atomic E-state index is 12.6. The fraction of sp³-hybridized carbons (Fsp3) is 0.182. The molecule has 0 saturated carbocycles. The Bertz CT molecular complexity index is 1290. The van der Waals surface area contributed by atoms with Crippen LogP contribution in [0.3, 0.4) is 0 Å². The summed E-state index contributed by atoms with van der Waals surface area (Å²) >= 11 is 10.7. The third-order valence-electron chi connectivity index (χ3n) is 5.14. The third-order valence-corrected chi connectivity index (χ3v) is 11.6. The Labute approximate surface area is 308 Å². The lowest BCUT2D eigenvalue weighted by molar-refractivity contribution is -0.118. The van der Waals surface area contributed by atoms with Crippen LogP contribution in [0.15, 0.2) is 0 Å². The predicted octanol–water partition coefficient (Wildman–Crippen LogP) is 5.05. The van der Waals surface area contributed by atoms with Crippen molar-refractivity contribution < 1.29 is 39.0 Å². The van der Waals surface area contributed by atoms with Gasteiger partial charge in [0, 0.05) is 20.0 Å². The molecule has 0 saturated heterocycles. The zero-order chi connectivity index (χ0) is 30.6. The van der Waals surface area contributed by atoms with Crippen LogP contribution >= 0.6 is 136 Å². The maximum Gasteiger partial charge on any atom is 0.337 e. The fourth-order valence-corrected chi connectivity index (χ4v) is 12.2. The van der Waals surface area contributed by atoms with E-state index in [-0.39, 0.29) is 60.8 Å². The Kier molecular flexibility index (Phi) is 13.8. The topological polar surface area (TPSA) is 219 Å². The van der Waals surface area contributed by atoms with Gasteiger partial charge in [-0.05, 0) is 148 Å². The average molecular weight is 1230 g/mol. The van der Waals surface area contributed by atoms with Crippen LogP contribution in [0, 0.1) is 21.4 Å². The number of nitrogens with two attached hydrogens (primary N) is 2. The molecule has 0 aliphatic rings. The van der Waals surface area contributed by atoms with E-state index in [1.165, 1.54) is 0 Å². The number of amides is 4. The molecule has 12 nitrogen and oxygen atoms in total. The molecule has 0 unspecified atom stereocenters. The highest BCUT2D eigenvalue weighted by atomic mass is 127. The highest BCUT2D eigenvalue weighted by Crippen LogP contribution is 2.37. The Balaban J connectivity index is 2.12. The molecule has 4 amide bonds. The second-order valence-electron chi connectivity index (χ2n) is 7.78. The van der Waals surface area contributed by atoms with Crippen LogP contribution < -0.4 is 22.1 Å². The Hall–Kier alpha value is -0.360. The number of aromatic carboxylic acids is 2. The van der Waals surface area contributed by atoms with E-state index < -0.39 is 35.6 Å². The molecule has 0 bridgehead atoms. The highest BCUT2D eigenvalue weighted by molar-refractivity contribution is 14.1. The molecule has 214 valence electrons. The number of anilines is 2. The molecule has 0 aliphatic carbocycles. The number of carboxylic acid groups (broad SMARTS) is 2. The first-order chi connectivity index (χ1) is 18.5. The molecule has 0 atom stereocenters. The minimum Gasteiger partial charge on any atom is -0.478 e. The van der Waals surface area contributed by atoms with Crippen LogP contribution in [0.5, 0.6) is 0 Å². The van der Waals surface area contributed by atoms with Gasteiger partial charge in [0.15, 0.2) is 0 Å². The molecule has 2 aromatic carbocycles. The summed E-state index contributed by atoms with van der Waals surface area (Å²) in [6.07, 6.45) is 0.568. The maximum atomic E-state index is 12.6. The number of hydrogen-bond donors (Lipinski definition) is 6. The van der Waals surface area contributed by atoms with Gasteiger partial charge >= 0.3 is 11.9 Å². The second-order valence-corrected chi connectivity index (χ2v) is 14.2. The number of carbonyl (C=O) groups excluding carboxylic acids is 4. The Morgan fingerprint density at radius 1 is 0.525 bits per heavy atom. The van der Waals surface area contributed by atoms with Crippen molar-refractivity contribution in [2.45, 2.75) is 25.7 Å². The number of rotatable bonds is 11. The van der Waals surface area contributed by atoms with Crippen LogP contribution in [-0.2, 0) is 9.59 Å². The quantitative estimate of drug-likeness (QED) is 0.132. The zero-order valence-corrected chi connectivity index (χ0v) is 32.5. The summed E-state index contributed by atoms with van der Waals surface area (Å²) in [6, 6.07) is 0. The van der Waals surface area contributed by atoms with Crippen molar-refractivity contribution in [3.05, 3.63) is 43.7 Å². The predicted molar refractivity (Wildman–Crippen MR) is 196 cm³/mol. The van der Waals surface area contributed by atoms with Gasteiger partial charge in [-0.3, -0.25) is 19.2 Å². The summed E-state index contributed by atoms with van der Waals surface area (Å²) in [5.41, 5.74) is 10.9. The lowest BCUT2D eigenvalue weighted by atomic mass is 10.1. The smallest absolute Gasteiger partial charge is 0.337 e. The fourth-order valence-electron chi connectivity index (χ4n) is 3.33. The van der Waals surface area contributed by atoms with Gasteiger partial charge in [0.2, 0.25) is 11.8 Å². The SMILES string of the molecule is NC(=O)c1c(I)c(NC(=O)CCCCC(=O)Nc2c(I)c(C(N)=O)c(I)c(C(=O)O)c2I)c(I)c(C(=O)O)c1I. The molecule has 0 radical (unpaired) electrons. The molecule has 0 aliphatic heterocycles. The van der Waals surface area contributed by atoms with Gasteiger partial charge in [0.1, 0.15) is 0 Å². The van der Waals surface area contributed by atoms with E-state index in [0.717, 1.165) is 0 Å². The van der Waals surface area contributed by atoms with Gasteiger partial charge in [0.05, 0.1) is 47.9 Å². The van der Waals surface area contributed by atoms with Crippen molar-refractivity contribution in [1.29, 1.82) is 0 Å². The largest absolute Gasteiger partial charge is 0.478 e. The molecule has 8 N–H and O–H groups in total. The van der Waals surface area contributed by atoms with Crippen LogP contribution in [0.25, 0.3) is 0 Å². The summed E-state index contributed by atoms with van der Waals surface area (Å²) in [6.45, 7) is 0.